The van der Waals surface area contributed by atoms with Crippen molar-refractivity contribution in [3.8, 4) is 5.75 Å². The highest BCUT2D eigenvalue weighted by molar-refractivity contribution is 6.31. The zero-order valence-corrected chi connectivity index (χ0v) is 21.4. The highest BCUT2D eigenvalue weighted by Gasteiger charge is 2.31. The van der Waals surface area contributed by atoms with Gasteiger partial charge < -0.3 is 20.1 Å². The van der Waals surface area contributed by atoms with E-state index in [-0.39, 0.29) is 17.5 Å². The lowest BCUT2D eigenvalue weighted by Gasteiger charge is -2.36. The number of nitrogens with two attached hydrogens (primary N) is 1. The van der Waals surface area contributed by atoms with Crippen LogP contribution >= 0.6 is 11.6 Å². The number of carbonyl (C=O) groups excluding carboxylic acids is 1. The summed E-state index contributed by atoms with van der Waals surface area (Å²) in [6.07, 6.45) is 1.28. The Morgan fingerprint density at radius 1 is 1.41 bits per heavy atom. The second-order valence-corrected chi connectivity index (χ2v) is 9.12. The van der Waals surface area contributed by atoms with E-state index in [9.17, 15) is 13.6 Å². The van der Waals surface area contributed by atoms with E-state index in [4.69, 9.17) is 26.8 Å². The number of morpholine rings is 1. The van der Waals surface area contributed by atoms with Crippen LogP contribution < -0.4 is 10.5 Å². The largest absolute Gasteiger partial charge is 0.487 e. The molecule has 0 saturated carbocycles. The second kappa shape index (κ2) is 11.2. The average molecular weight is 529 g/mol. The second-order valence-electron chi connectivity index (χ2n) is 8.71. The molecule has 37 heavy (non-hydrogen) atoms. The van der Waals surface area contributed by atoms with Crippen molar-refractivity contribution in [2.24, 2.45) is 10.7 Å². The van der Waals surface area contributed by atoms with Gasteiger partial charge in [0.05, 0.1) is 29.6 Å². The van der Waals surface area contributed by atoms with Gasteiger partial charge >= 0.3 is 0 Å². The van der Waals surface area contributed by atoms with Gasteiger partial charge in [-0.1, -0.05) is 23.7 Å². The summed E-state index contributed by atoms with van der Waals surface area (Å²) in [6, 6.07) is 9.18. The van der Waals surface area contributed by atoms with E-state index in [1.165, 1.54) is 12.1 Å². The van der Waals surface area contributed by atoms with Crippen LogP contribution in [0.4, 0.5) is 14.5 Å². The lowest BCUT2D eigenvalue weighted by Crippen LogP contribution is -2.47. The number of aliphatic imine (C=N–C) groups is 1. The molecule has 0 radical (unpaired) electrons. The highest BCUT2D eigenvalue weighted by Crippen LogP contribution is 2.35. The molecule has 2 atom stereocenters. The number of benzene rings is 2. The topological polar surface area (TPSA) is 90.0 Å². The van der Waals surface area contributed by atoms with Gasteiger partial charge in [0.1, 0.15) is 29.8 Å². The van der Waals surface area contributed by atoms with Crippen LogP contribution in [0.5, 0.6) is 5.75 Å². The van der Waals surface area contributed by atoms with Crippen molar-refractivity contribution in [3.63, 3.8) is 0 Å². The SMILES string of the molecule is Cc1cc(N=CC(F)=CN)c2cccc(OCc3c(Cl)cc(F)cc3[C@H](C)N3CCOC(C)C3=O)c2n1. The Hall–Kier alpha value is -3.56. The minimum Gasteiger partial charge on any atom is -0.487 e. The van der Waals surface area contributed by atoms with Crippen molar-refractivity contribution in [1.29, 1.82) is 0 Å². The van der Waals surface area contributed by atoms with Crippen LogP contribution in [0.1, 0.15) is 36.7 Å². The van der Waals surface area contributed by atoms with Crippen molar-refractivity contribution in [1.82, 2.24) is 9.88 Å². The molecule has 1 fully saturated rings. The Labute approximate surface area is 218 Å². The first kappa shape index (κ1) is 26.5. The first-order chi connectivity index (χ1) is 17.7. The van der Waals surface area contributed by atoms with Crippen LogP contribution in [-0.4, -0.2) is 41.3 Å². The normalized spacial score (nSPS) is 17.6. The Balaban J connectivity index is 1.69. The molecule has 4 rings (SSSR count). The monoisotopic (exact) mass is 528 g/mol. The number of halogens is 3. The number of nitrogens with zero attached hydrogens (tertiary/aromatic N) is 3. The van der Waals surface area contributed by atoms with Crippen LogP contribution in [0.15, 0.2) is 53.4 Å². The lowest BCUT2D eigenvalue weighted by molar-refractivity contribution is -0.154. The summed E-state index contributed by atoms with van der Waals surface area (Å²) < 4.78 is 39.5. The first-order valence-corrected chi connectivity index (χ1v) is 12.1. The molecular weight excluding hydrogens is 502 g/mol. The third kappa shape index (κ3) is 5.73. The molecule has 1 unspecified atom stereocenters. The molecule has 0 aliphatic carbocycles. The van der Waals surface area contributed by atoms with Gasteiger partial charge in [0.2, 0.25) is 0 Å². The molecule has 7 nitrogen and oxygen atoms in total. The Morgan fingerprint density at radius 3 is 2.95 bits per heavy atom. The van der Waals surface area contributed by atoms with Crippen molar-refractivity contribution in [3.05, 3.63) is 76.1 Å². The summed E-state index contributed by atoms with van der Waals surface area (Å²) in [5.41, 5.74) is 7.97. The first-order valence-electron chi connectivity index (χ1n) is 11.7. The average Bonchev–Trinajstić information content (AvgIpc) is 2.87. The number of ether oxygens (including phenoxy) is 2. The fraction of sp³-hybridized carbons (Fsp3) is 0.296. The summed E-state index contributed by atoms with van der Waals surface area (Å²) in [5.74, 6) is -0.903. The van der Waals surface area contributed by atoms with Crippen molar-refractivity contribution in [2.75, 3.05) is 13.2 Å². The number of fused-ring (bicyclic) bond motifs is 1. The summed E-state index contributed by atoms with van der Waals surface area (Å²) in [4.78, 5) is 23.2. The van der Waals surface area contributed by atoms with Gasteiger partial charge in [-0.3, -0.25) is 9.79 Å². The number of aromatic nitrogens is 1. The van der Waals surface area contributed by atoms with Gasteiger partial charge in [0, 0.05) is 29.4 Å². The van der Waals surface area contributed by atoms with Gasteiger partial charge in [-0.2, -0.15) is 0 Å². The van der Waals surface area contributed by atoms with Gasteiger partial charge in [-0.05, 0) is 50.6 Å². The number of aryl methyl sites for hydroxylation is 1. The molecule has 2 aromatic carbocycles. The molecule has 0 bridgehead atoms. The van der Waals surface area contributed by atoms with Crippen LogP contribution in [0.3, 0.4) is 0 Å². The van der Waals surface area contributed by atoms with Gasteiger partial charge in [-0.25, -0.2) is 13.8 Å². The number of amides is 1. The molecule has 2 heterocycles. The van der Waals surface area contributed by atoms with E-state index in [0.29, 0.717) is 52.3 Å². The van der Waals surface area contributed by atoms with Gasteiger partial charge in [-0.15, -0.1) is 0 Å². The standard InChI is InChI=1S/C27H27ClF2N4O3/c1-15-9-24(32-13-19(30)12-31)20-5-4-6-25(26(20)33-15)37-14-22-21(10-18(29)11-23(22)28)16(2)34-7-8-36-17(3)27(34)35/h4-6,9-13,16-17H,7-8,14,31H2,1-3H3/t16-,17?/m0/s1. The number of allylic oxidation sites excluding steroid dienone is 1. The number of carbonyl (C=O) groups is 1. The maximum Gasteiger partial charge on any atom is 0.251 e. The number of pyridine rings is 1. The van der Waals surface area contributed by atoms with Crippen molar-refractivity contribution >= 4 is 40.3 Å². The molecule has 1 aliphatic rings. The smallest absolute Gasteiger partial charge is 0.251 e. The van der Waals surface area contributed by atoms with E-state index in [0.717, 1.165) is 12.4 Å². The van der Waals surface area contributed by atoms with E-state index >= 15 is 0 Å². The van der Waals surface area contributed by atoms with Crippen molar-refractivity contribution < 1.29 is 23.0 Å². The zero-order chi connectivity index (χ0) is 26.7. The molecule has 1 amide bonds. The number of hydrogen-bond acceptors (Lipinski definition) is 6. The van der Waals surface area contributed by atoms with E-state index < -0.39 is 23.8 Å². The molecule has 1 aromatic heterocycles. The minimum atomic E-state index is -0.671. The summed E-state index contributed by atoms with van der Waals surface area (Å²) in [7, 11) is 0. The minimum absolute atomic E-state index is 0.00471. The highest BCUT2D eigenvalue weighted by atomic mass is 35.5. The molecule has 194 valence electrons. The predicted molar refractivity (Wildman–Crippen MR) is 139 cm³/mol. The molecule has 2 N–H and O–H groups in total. The van der Waals surface area contributed by atoms with E-state index in [1.807, 2.05) is 6.92 Å². The Kier molecular flexibility index (Phi) is 8.04. The van der Waals surface area contributed by atoms with E-state index in [2.05, 4.69) is 9.98 Å². The molecule has 1 saturated heterocycles. The third-order valence-electron chi connectivity index (χ3n) is 6.21. The molecule has 1 aliphatic heterocycles. The molecule has 10 heteroatoms. The number of rotatable bonds is 7. The fourth-order valence-corrected chi connectivity index (χ4v) is 4.59. The lowest BCUT2D eigenvalue weighted by atomic mass is 9.99. The molecular formula is C27H27ClF2N4O3. The zero-order valence-electron chi connectivity index (χ0n) is 20.7. The molecule has 0 spiro atoms. The van der Waals surface area contributed by atoms with Crippen molar-refractivity contribution in [2.45, 2.75) is 39.5 Å². The number of hydrogen-bond donors (Lipinski definition) is 1. The van der Waals surface area contributed by atoms with Crippen LogP contribution in [0, 0.1) is 12.7 Å². The maximum atomic E-state index is 14.4. The summed E-state index contributed by atoms with van der Waals surface area (Å²) in [5, 5.41) is 0.838. The number of para-hydroxylation sites is 1. The van der Waals surface area contributed by atoms with Crippen LogP contribution in [-0.2, 0) is 16.1 Å². The quantitative estimate of drug-likeness (QED) is 0.398. The Morgan fingerprint density at radius 2 is 2.19 bits per heavy atom. The van der Waals surface area contributed by atoms with Gasteiger partial charge in [0.25, 0.3) is 5.91 Å². The van der Waals surface area contributed by atoms with E-state index in [1.54, 1.807) is 43.0 Å². The Bertz CT molecular complexity index is 1400. The summed E-state index contributed by atoms with van der Waals surface area (Å²) in [6.45, 7) is 6.09. The van der Waals surface area contributed by atoms with Crippen LogP contribution in [0.25, 0.3) is 10.9 Å². The maximum absolute atomic E-state index is 14.4. The predicted octanol–water partition coefficient (Wildman–Crippen LogP) is 5.69. The van der Waals surface area contributed by atoms with Gasteiger partial charge in [0.15, 0.2) is 5.83 Å². The molecule has 3 aromatic rings. The van der Waals surface area contributed by atoms with Crippen LogP contribution in [0.2, 0.25) is 5.02 Å². The summed E-state index contributed by atoms with van der Waals surface area (Å²) >= 11 is 6.47. The third-order valence-corrected chi connectivity index (χ3v) is 6.55. The fourth-order valence-electron chi connectivity index (χ4n) is 4.32.